The fraction of sp³-hybridized carbons (Fsp3) is 0.375. The van der Waals surface area contributed by atoms with Crippen molar-refractivity contribution >= 4 is 29.2 Å². The third kappa shape index (κ3) is 3.09. The second kappa shape index (κ2) is 7.25. The number of carbonyl (C=O) groups excluding carboxylic acids is 2. The number of amides is 2. The summed E-state index contributed by atoms with van der Waals surface area (Å²) in [5.41, 5.74) is 3.09. The van der Waals surface area contributed by atoms with E-state index in [2.05, 4.69) is 16.0 Å². The zero-order valence-electron chi connectivity index (χ0n) is 18.6. The van der Waals surface area contributed by atoms with E-state index in [-0.39, 0.29) is 11.8 Å². The van der Waals surface area contributed by atoms with Crippen LogP contribution < -0.4 is 9.80 Å². The van der Waals surface area contributed by atoms with Crippen molar-refractivity contribution in [1.82, 2.24) is 15.0 Å². The molecular formula is C24H25N5O3. The molecule has 4 heterocycles. The van der Waals surface area contributed by atoms with Gasteiger partial charge in [-0.05, 0) is 43.5 Å². The highest BCUT2D eigenvalue weighted by atomic mass is 16.6. The van der Waals surface area contributed by atoms with Gasteiger partial charge in [0, 0.05) is 29.6 Å². The molecule has 32 heavy (non-hydrogen) atoms. The molecule has 2 aromatic rings. The molecule has 8 heteroatoms. The van der Waals surface area contributed by atoms with Gasteiger partial charge < -0.3 is 4.74 Å². The van der Waals surface area contributed by atoms with E-state index < -0.39 is 11.5 Å². The minimum absolute atomic E-state index is 0.00476. The summed E-state index contributed by atoms with van der Waals surface area (Å²) in [5.74, 6) is 1.78. The van der Waals surface area contributed by atoms with E-state index in [4.69, 9.17) is 9.72 Å². The van der Waals surface area contributed by atoms with E-state index in [1.807, 2.05) is 45.9 Å². The Hall–Kier alpha value is -3.55. The molecule has 1 aliphatic carbocycles. The van der Waals surface area contributed by atoms with E-state index in [9.17, 15) is 9.59 Å². The number of allylic oxidation sites excluding steroid dienone is 4. The second-order valence-electron chi connectivity index (χ2n) is 8.97. The highest BCUT2D eigenvalue weighted by molar-refractivity contribution is 6.04. The molecule has 0 aromatic carbocycles. The largest absolute Gasteiger partial charge is 0.447 e. The lowest BCUT2D eigenvalue weighted by molar-refractivity contribution is -0.125. The van der Waals surface area contributed by atoms with Gasteiger partial charge in [-0.15, -0.1) is 0 Å². The van der Waals surface area contributed by atoms with E-state index in [0.29, 0.717) is 30.6 Å². The van der Waals surface area contributed by atoms with Crippen molar-refractivity contribution in [3.8, 4) is 0 Å². The first-order valence-corrected chi connectivity index (χ1v) is 10.7. The molecule has 2 fully saturated rings. The summed E-state index contributed by atoms with van der Waals surface area (Å²) in [6.07, 6.45) is 8.12. The van der Waals surface area contributed by atoms with Gasteiger partial charge in [0.15, 0.2) is 0 Å². The van der Waals surface area contributed by atoms with Gasteiger partial charge in [0.1, 0.15) is 24.1 Å². The molecule has 1 atom stereocenters. The number of pyridine rings is 1. The molecule has 3 aliphatic rings. The summed E-state index contributed by atoms with van der Waals surface area (Å²) in [5, 5.41) is 0. The molecule has 0 spiro atoms. The predicted molar refractivity (Wildman–Crippen MR) is 120 cm³/mol. The Morgan fingerprint density at radius 3 is 2.56 bits per heavy atom. The normalized spacial score (nSPS) is 21.9. The van der Waals surface area contributed by atoms with Gasteiger partial charge in [-0.1, -0.05) is 26.0 Å². The molecule has 2 saturated heterocycles. The fourth-order valence-electron chi connectivity index (χ4n) is 4.59. The van der Waals surface area contributed by atoms with Gasteiger partial charge in [0.25, 0.3) is 0 Å². The van der Waals surface area contributed by atoms with Gasteiger partial charge in [0.05, 0.1) is 12.0 Å². The average molecular weight is 431 g/mol. The summed E-state index contributed by atoms with van der Waals surface area (Å²) >= 11 is 0. The Bertz CT molecular complexity index is 1180. The minimum atomic E-state index is -0.572. The maximum absolute atomic E-state index is 13.6. The van der Waals surface area contributed by atoms with E-state index in [0.717, 1.165) is 28.8 Å². The monoisotopic (exact) mass is 431 g/mol. The van der Waals surface area contributed by atoms with Crippen molar-refractivity contribution in [1.29, 1.82) is 0 Å². The van der Waals surface area contributed by atoms with Gasteiger partial charge in [-0.3, -0.25) is 14.6 Å². The van der Waals surface area contributed by atoms with E-state index >= 15 is 0 Å². The lowest BCUT2D eigenvalue weighted by Crippen LogP contribution is -2.32. The maximum Gasteiger partial charge on any atom is 0.415 e. The molecule has 0 N–H and O–H groups in total. The number of aromatic nitrogens is 3. The second-order valence-corrected chi connectivity index (χ2v) is 8.97. The molecule has 0 saturated carbocycles. The molecule has 1 unspecified atom stereocenters. The Balaban J connectivity index is 1.58. The van der Waals surface area contributed by atoms with Crippen molar-refractivity contribution in [3.63, 3.8) is 0 Å². The highest BCUT2D eigenvalue weighted by Crippen LogP contribution is 2.50. The smallest absolute Gasteiger partial charge is 0.415 e. The number of aryl methyl sites for hydroxylation is 2. The maximum atomic E-state index is 13.6. The van der Waals surface area contributed by atoms with Crippen LogP contribution in [0.5, 0.6) is 0 Å². The number of hydrogen-bond acceptors (Lipinski definition) is 6. The van der Waals surface area contributed by atoms with Crippen LogP contribution >= 0.6 is 0 Å². The zero-order valence-corrected chi connectivity index (χ0v) is 18.6. The van der Waals surface area contributed by atoms with Crippen LogP contribution in [-0.4, -0.2) is 40.1 Å². The Morgan fingerprint density at radius 1 is 1.12 bits per heavy atom. The molecule has 2 aromatic heterocycles. The number of fused-ring (bicyclic) bond motifs is 1. The average Bonchev–Trinajstić information content (AvgIpc) is 3.28. The van der Waals surface area contributed by atoms with Gasteiger partial charge in [0.2, 0.25) is 5.91 Å². The van der Waals surface area contributed by atoms with Crippen LogP contribution in [0, 0.1) is 25.2 Å². The van der Waals surface area contributed by atoms with Crippen LogP contribution in [0.15, 0.2) is 42.4 Å². The van der Waals surface area contributed by atoms with Crippen molar-refractivity contribution < 1.29 is 14.3 Å². The molecule has 8 nitrogen and oxygen atoms in total. The standard InChI is InChI=1S/C24H25N5O3/c1-14-5-8-20(27-21(14)28-9-10-32-23(28)31)29-19-11-16(17-12-25-15(2)26-13-17)6-7-18(19)24(3,4)22(29)30/h5-6,8,11-13,18H,7,9-10H2,1-4H3. The number of cyclic esters (lactones) is 1. The minimum Gasteiger partial charge on any atom is -0.447 e. The van der Waals surface area contributed by atoms with Gasteiger partial charge in [-0.2, -0.15) is 0 Å². The van der Waals surface area contributed by atoms with Crippen LogP contribution in [0.4, 0.5) is 16.4 Å². The highest BCUT2D eigenvalue weighted by Gasteiger charge is 2.52. The number of ether oxygens (including phenoxy) is 1. The van der Waals surface area contributed by atoms with Crippen LogP contribution in [0.2, 0.25) is 0 Å². The Kier molecular flexibility index (Phi) is 4.62. The lowest BCUT2D eigenvalue weighted by atomic mass is 9.75. The van der Waals surface area contributed by atoms with E-state index in [1.165, 1.54) is 4.90 Å². The molecule has 0 radical (unpaired) electrons. The van der Waals surface area contributed by atoms with Crippen molar-refractivity contribution in [2.24, 2.45) is 11.3 Å². The third-order valence-electron chi connectivity index (χ3n) is 6.53. The Morgan fingerprint density at radius 2 is 1.88 bits per heavy atom. The number of carbonyl (C=O) groups is 2. The molecule has 2 aliphatic heterocycles. The fourth-order valence-corrected chi connectivity index (χ4v) is 4.59. The molecule has 2 amide bonds. The summed E-state index contributed by atoms with van der Waals surface area (Å²) in [6.45, 7) is 8.49. The van der Waals surface area contributed by atoms with Crippen molar-refractivity contribution in [2.75, 3.05) is 23.0 Å². The van der Waals surface area contributed by atoms with E-state index in [1.54, 1.807) is 17.3 Å². The van der Waals surface area contributed by atoms with Crippen molar-refractivity contribution in [2.45, 2.75) is 34.1 Å². The zero-order chi connectivity index (χ0) is 22.6. The Labute approximate surface area is 186 Å². The molecular weight excluding hydrogens is 406 g/mol. The SMILES string of the molecule is Cc1ncc(C2=CCC3C(=C2)N(c2ccc(C)c(N4CCOC4=O)n2)C(=O)C3(C)C)cn1. The summed E-state index contributed by atoms with van der Waals surface area (Å²) in [7, 11) is 0. The first-order chi connectivity index (χ1) is 15.3. The first-order valence-electron chi connectivity index (χ1n) is 10.7. The van der Waals surface area contributed by atoms with Crippen LogP contribution in [0.1, 0.15) is 37.2 Å². The number of hydrogen-bond donors (Lipinski definition) is 0. The predicted octanol–water partition coefficient (Wildman–Crippen LogP) is 3.81. The van der Waals surface area contributed by atoms with Gasteiger partial charge >= 0.3 is 6.09 Å². The van der Waals surface area contributed by atoms with Crippen LogP contribution in [-0.2, 0) is 9.53 Å². The third-order valence-corrected chi connectivity index (χ3v) is 6.53. The van der Waals surface area contributed by atoms with Gasteiger partial charge in [-0.25, -0.2) is 19.7 Å². The van der Waals surface area contributed by atoms with Crippen LogP contribution in [0.3, 0.4) is 0 Å². The number of nitrogens with zero attached hydrogens (tertiary/aromatic N) is 5. The summed E-state index contributed by atoms with van der Waals surface area (Å²) in [4.78, 5) is 42.3. The molecule has 0 bridgehead atoms. The summed E-state index contributed by atoms with van der Waals surface area (Å²) in [6, 6.07) is 3.73. The molecule has 5 rings (SSSR count). The quantitative estimate of drug-likeness (QED) is 0.734. The van der Waals surface area contributed by atoms with Crippen molar-refractivity contribution in [3.05, 3.63) is 59.3 Å². The topological polar surface area (TPSA) is 88.5 Å². The lowest BCUT2D eigenvalue weighted by Gasteiger charge is -2.26. The molecule has 164 valence electrons. The number of anilines is 2. The summed E-state index contributed by atoms with van der Waals surface area (Å²) < 4.78 is 5.09. The number of rotatable bonds is 3. The first kappa shape index (κ1) is 20.4. The van der Waals surface area contributed by atoms with Crippen LogP contribution in [0.25, 0.3) is 5.57 Å².